The van der Waals surface area contributed by atoms with Crippen molar-refractivity contribution in [3.05, 3.63) is 65.2 Å². The highest BCUT2D eigenvalue weighted by Crippen LogP contribution is 2.10. The molecule has 0 aromatic heterocycles. The molecule has 0 bridgehead atoms. The van der Waals surface area contributed by atoms with E-state index in [9.17, 15) is 4.79 Å². The van der Waals surface area contributed by atoms with Crippen LogP contribution in [0.25, 0.3) is 0 Å². The van der Waals surface area contributed by atoms with Crippen LogP contribution in [0.5, 0.6) is 0 Å². The van der Waals surface area contributed by atoms with Crippen molar-refractivity contribution >= 4 is 41.5 Å². The summed E-state index contributed by atoms with van der Waals surface area (Å²) in [6.07, 6.45) is 0.884. The molecule has 0 aliphatic heterocycles. The molecular formula is C21H29IN4O. The van der Waals surface area contributed by atoms with Crippen LogP contribution in [-0.4, -0.2) is 25.0 Å². The second kappa shape index (κ2) is 12.3. The van der Waals surface area contributed by atoms with Crippen LogP contribution < -0.4 is 16.0 Å². The Morgan fingerprint density at radius 1 is 1.04 bits per heavy atom. The van der Waals surface area contributed by atoms with Crippen molar-refractivity contribution in [2.45, 2.75) is 33.7 Å². The number of nitrogens with one attached hydrogen (secondary N) is 3. The largest absolute Gasteiger partial charge is 0.357 e. The molecule has 3 N–H and O–H groups in total. The Kier molecular flexibility index (Phi) is 10.5. The van der Waals surface area contributed by atoms with E-state index in [1.54, 1.807) is 0 Å². The first kappa shape index (κ1) is 23.0. The molecule has 2 aromatic carbocycles. The van der Waals surface area contributed by atoms with E-state index in [4.69, 9.17) is 0 Å². The van der Waals surface area contributed by atoms with E-state index in [1.165, 1.54) is 23.6 Å². The average molecular weight is 480 g/mol. The van der Waals surface area contributed by atoms with Gasteiger partial charge in [-0.05, 0) is 49.1 Å². The number of aliphatic imine (C=N–C) groups is 1. The van der Waals surface area contributed by atoms with E-state index in [2.05, 4.69) is 46.9 Å². The molecule has 27 heavy (non-hydrogen) atoms. The highest BCUT2D eigenvalue weighted by Gasteiger charge is 2.01. The first-order valence-electron chi connectivity index (χ1n) is 9.01. The summed E-state index contributed by atoms with van der Waals surface area (Å²) in [6.45, 7) is 7.95. The summed E-state index contributed by atoms with van der Waals surface area (Å²) >= 11 is 0. The SMILES string of the molecule is CCNC(=NCc1ccccc1C)NCCc1ccc(NC(C)=O)cc1.I. The van der Waals surface area contributed by atoms with Crippen LogP contribution in [0, 0.1) is 6.92 Å². The predicted octanol–water partition coefficient (Wildman–Crippen LogP) is 3.87. The standard InChI is InChI=1S/C21H28N4O.HI/c1-4-22-21(24-15-19-8-6-5-7-16(19)2)23-14-13-18-9-11-20(12-10-18)25-17(3)26;/h5-12H,4,13-15H2,1-3H3,(H,25,26)(H2,22,23,24);1H. The summed E-state index contributed by atoms with van der Waals surface area (Å²) in [5, 5.41) is 9.43. The summed E-state index contributed by atoms with van der Waals surface area (Å²) in [4.78, 5) is 15.7. The fourth-order valence-electron chi connectivity index (χ4n) is 2.58. The third-order valence-electron chi connectivity index (χ3n) is 3.99. The lowest BCUT2D eigenvalue weighted by Crippen LogP contribution is -2.38. The van der Waals surface area contributed by atoms with Gasteiger partial charge in [-0.1, -0.05) is 36.4 Å². The number of benzene rings is 2. The molecule has 0 unspecified atom stereocenters. The zero-order valence-electron chi connectivity index (χ0n) is 16.2. The molecule has 0 saturated heterocycles. The summed E-state index contributed by atoms with van der Waals surface area (Å²) in [5.74, 6) is 0.769. The maximum atomic E-state index is 11.1. The number of guanidine groups is 1. The van der Waals surface area contributed by atoms with Crippen molar-refractivity contribution in [2.24, 2.45) is 4.99 Å². The number of anilines is 1. The topological polar surface area (TPSA) is 65.5 Å². The summed E-state index contributed by atoms with van der Waals surface area (Å²) < 4.78 is 0. The maximum Gasteiger partial charge on any atom is 0.221 e. The Balaban J connectivity index is 0.00000364. The molecular weight excluding hydrogens is 451 g/mol. The number of halogens is 1. The van der Waals surface area contributed by atoms with Gasteiger partial charge in [0.15, 0.2) is 5.96 Å². The number of amides is 1. The Morgan fingerprint density at radius 2 is 1.74 bits per heavy atom. The molecule has 0 spiro atoms. The van der Waals surface area contributed by atoms with Crippen molar-refractivity contribution in [2.75, 3.05) is 18.4 Å². The lowest BCUT2D eigenvalue weighted by Gasteiger charge is -2.12. The van der Waals surface area contributed by atoms with Gasteiger partial charge in [0.05, 0.1) is 6.54 Å². The highest BCUT2D eigenvalue weighted by atomic mass is 127. The molecule has 0 heterocycles. The third kappa shape index (κ3) is 8.43. The van der Waals surface area contributed by atoms with Crippen molar-refractivity contribution in [1.82, 2.24) is 10.6 Å². The molecule has 0 fully saturated rings. The fraction of sp³-hybridized carbons (Fsp3) is 0.333. The quantitative estimate of drug-likeness (QED) is 0.320. The van der Waals surface area contributed by atoms with Crippen molar-refractivity contribution in [1.29, 1.82) is 0 Å². The van der Waals surface area contributed by atoms with Crippen LogP contribution in [0.1, 0.15) is 30.5 Å². The molecule has 0 aliphatic rings. The Morgan fingerprint density at radius 3 is 2.37 bits per heavy atom. The van der Waals surface area contributed by atoms with Crippen molar-refractivity contribution in [3.63, 3.8) is 0 Å². The van der Waals surface area contributed by atoms with Gasteiger partial charge in [0.1, 0.15) is 0 Å². The van der Waals surface area contributed by atoms with Crippen LogP contribution >= 0.6 is 24.0 Å². The number of aryl methyl sites for hydroxylation is 1. The second-order valence-corrected chi connectivity index (χ2v) is 6.18. The van der Waals surface area contributed by atoms with Crippen LogP contribution in [-0.2, 0) is 17.8 Å². The number of hydrogen-bond donors (Lipinski definition) is 3. The smallest absolute Gasteiger partial charge is 0.221 e. The minimum Gasteiger partial charge on any atom is -0.357 e. The van der Waals surface area contributed by atoms with E-state index in [0.717, 1.165) is 31.2 Å². The molecule has 2 rings (SSSR count). The molecule has 0 radical (unpaired) electrons. The third-order valence-corrected chi connectivity index (χ3v) is 3.99. The second-order valence-electron chi connectivity index (χ2n) is 6.18. The highest BCUT2D eigenvalue weighted by molar-refractivity contribution is 14.0. The van der Waals surface area contributed by atoms with E-state index >= 15 is 0 Å². The number of carbonyl (C=O) groups is 1. The van der Waals surface area contributed by atoms with Gasteiger partial charge < -0.3 is 16.0 Å². The van der Waals surface area contributed by atoms with Crippen molar-refractivity contribution in [3.8, 4) is 0 Å². The lowest BCUT2D eigenvalue weighted by molar-refractivity contribution is -0.114. The van der Waals surface area contributed by atoms with Crippen LogP contribution in [0.4, 0.5) is 5.69 Å². The Hall–Kier alpha value is -2.09. The van der Waals surface area contributed by atoms with Gasteiger partial charge in [0, 0.05) is 25.7 Å². The predicted molar refractivity (Wildman–Crippen MR) is 124 cm³/mol. The van der Waals surface area contributed by atoms with Crippen LogP contribution in [0.3, 0.4) is 0 Å². The normalized spacial score (nSPS) is 10.7. The molecule has 0 atom stereocenters. The fourth-order valence-corrected chi connectivity index (χ4v) is 2.58. The molecule has 2 aromatic rings. The van der Waals surface area contributed by atoms with Gasteiger partial charge in [0.2, 0.25) is 5.91 Å². The molecule has 0 aliphatic carbocycles. The van der Waals surface area contributed by atoms with Gasteiger partial charge in [-0.15, -0.1) is 24.0 Å². The summed E-state index contributed by atoms with van der Waals surface area (Å²) in [6, 6.07) is 16.2. The van der Waals surface area contributed by atoms with E-state index in [0.29, 0.717) is 6.54 Å². The van der Waals surface area contributed by atoms with E-state index < -0.39 is 0 Å². The van der Waals surface area contributed by atoms with Gasteiger partial charge in [0.25, 0.3) is 0 Å². The van der Waals surface area contributed by atoms with Gasteiger partial charge >= 0.3 is 0 Å². The van der Waals surface area contributed by atoms with Gasteiger partial charge in [-0.3, -0.25) is 4.79 Å². The maximum absolute atomic E-state index is 11.1. The Labute approximate surface area is 179 Å². The number of rotatable bonds is 7. The molecule has 6 heteroatoms. The lowest BCUT2D eigenvalue weighted by atomic mass is 10.1. The zero-order valence-corrected chi connectivity index (χ0v) is 18.5. The van der Waals surface area contributed by atoms with Gasteiger partial charge in [-0.25, -0.2) is 4.99 Å². The first-order chi connectivity index (χ1) is 12.6. The molecule has 5 nitrogen and oxygen atoms in total. The van der Waals surface area contributed by atoms with Crippen LogP contribution in [0.2, 0.25) is 0 Å². The average Bonchev–Trinajstić information content (AvgIpc) is 2.62. The molecule has 1 amide bonds. The molecule has 146 valence electrons. The van der Waals surface area contributed by atoms with Gasteiger partial charge in [-0.2, -0.15) is 0 Å². The number of hydrogen-bond acceptors (Lipinski definition) is 2. The summed E-state index contributed by atoms with van der Waals surface area (Å²) in [5.41, 5.74) is 4.52. The number of carbonyl (C=O) groups excluding carboxylic acids is 1. The van der Waals surface area contributed by atoms with E-state index in [-0.39, 0.29) is 29.9 Å². The Bertz CT molecular complexity index is 744. The minimum atomic E-state index is -0.0560. The van der Waals surface area contributed by atoms with E-state index in [1.807, 2.05) is 36.4 Å². The first-order valence-corrected chi connectivity index (χ1v) is 9.01. The monoisotopic (exact) mass is 480 g/mol. The van der Waals surface area contributed by atoms with Crippen molar-refractivity contribution < 1.29 is 4.79 Å². The molecule has 0 saturated carbocycles. The minimum absolute atomic E-state index is 0. The zero-order chi connectivity index (χ0) is 18.8. The number of nitrogens with zero attached hydrogens (tertiary/aromatic N) is 1. The van der Waals surface area contributed by atoms with Crippen LogP contribution in [0.15, 0.2) is 53.5 Å². The summed E-state index contributed by atoms with van der Waals surface area (Å²) in [7, 11) is 0.